The van der Waals surface area contributed by atoms with E-state index in [1.807, 2.05) is 12.1 Å². The lowest BCUT2D eigenvalue weighted by Crippen LogP contribution is -2.16. The Morgan fingerprint density at radius 3 is 2.38 bits per heavy atom. The Morgan fingerprint density at radius 2 is 1.73 bits per heavy atom. The summed E-state index contributed by atoms with van der Waals surface area (Å²) in [4.78, 5) is 38.1. The van der Waals surface area contributed by atoms with Gasteiger partial charge in [-0.1, -0.05) is 48.5 Å². The molecule has 2 aromatic carbocycles. The summed E-state index contributed by atoms with van der Waals surface area (Å²) in [5.41, 5.74) is 7.92. The van der Waals surface area contributed by atoms with Gasteiger partial charge in [-0.25, -0.2) is 9.78 Å². The topological polar surface area (TPSA) is 115 Å². The molecule has 7 heteroatoms. The molecule has 130 valence electrons. The first-order chi connectivity index (χ1) is 12.5. The highest BCUT2D eigenvalue weighted by Gasteiger charge is 2.18. The molecule has 0 unspecified atom stereocenters. The van der Waals surface area contributed by atoms with Crippen molar-refractivity contribution in [3.8, 4) is 11.1 Å². The Hall–Kier alpha value is -3.74. The largest absolute Gasteiger partial charge is 0.475 e. The van der Waals surface area contributed by atoms with Crippen LogP contribution < -0.4 is 5.73 Å². The zero-order chi connectivity index (χ0) is 18.7. The van der Waals surface area contributed by atoms with Crippen molar-refractivity contribution >= 4 is 17.7 Å². The maximum absolute atomic E-state index is 11.9. The summed E-state index contributed by atoms with van der Waals surface area (Å²) in [5, 5.41) is 8.97. The van der Waals surface area contributed by atoms with Crippen molar-refractivity contribution in [3.63, 3.8) is 0 Å². The van der Waals surface area contributed by atoms with Crippen molar-refractivity contribution < 1.29 is 19.5 Å². The van der Waals surface area contributed by atoms with Crippen molar-refractivity contribution in [2.24, 2.45) is 5.73 Å². The Kier molecular flexibility index (Phi) is 4.62. The van der Waals surface area contributed by atoms with E-state index in [0.29, 0.717) is 17.8 Å². The maximum Gasteiger partial charge on any atom is 0.377 e. The number of aliphatic carboxylic acids is 1. The van der Waals surface area contributed by atoms with Crippen LogP contribution in [0.25, 0.3) is 11.1 Å². The van der Waals surface area contributed by atoms with Gasteiger partial charge in [-0.3, -0.25) is 9.59 Å². The smallest absolute Gasteiger partial charge is 0.377 e. The van der Waals surface area contributed by atoms with Crippen LogP contribution in [-0.4, -0.2) is 32.3 Å². The lowest BCUT2D eigenvalue weighted by Gasteiger charge is -2.09. The van der Waals surface area contributed by atoms with Gasteiger partial charge in [-0.2, -0.15) is 0 Å². The number of ketones is 1. The van der Waals surface area contributed by atoms with Gasteiger partial charge in [0.05, 0.1) is 12.5 Å². The van der Waals surface area contributed by atoms with Crippen molar-refractivity contribution in [1.29, 1.82) is 0 Å². The third kappa shape index (κ3) is 3.36. The standard InChI is InChI=1S/C19H15N3O4/c20-18(24)16-9-21-11-22(16)10-12-5-7-13(8-6-12)14-3-1-2-4-15(14)17(23)19(25)26/h1-9,11H,10H2,(H2,20,24)(H,25,26). The molecule has 3 rings (SSSR count). The Morgan fingerprint density at radius 1 is 1.04 bits per heavy atom. The Labute approximate surface area is 148 Å². The molecule has 0 bridgehead atoms. The molecule has 7 nitrogen and oxygen atoms in total. The van der Waals surface area contributed by atoms with Crippen LogP contribution in [0, 0.1) is 0 Å². The summed E-state index contributed by atoms with van der Waals surface area (Å²) in [5.74, 6) is -3.00. The number of amides is 1. The van der Waals surface area contributed by atoms with Crippen molar-refractivity contribution in [2.45, 2.75) is 6.54 Å². The van der Waals surface area contributed by atoms with Crippen LogP contribution in [0.1, 0.15) is 26.4 Å². The number of hydrogen-bond acceptors (Lipinski definition) is 4. The number of primary amides is 1. The summed E-state index contributed by atoms with van der Waals surface area (Å²) in [7, 11) is 0. The zero-order valence-corrected chi connectivity index (χ0v) is 13.6. The van der Waals surface area contributed by atoms with Crippen LogP contribution in [0.3, 0.4) is 0 Å². The molecule has 0 aliphatic carbocycles. The van der Waals surface area contributed by atoms with Crippen molar-refractivity contribution in [2.75, 3.05) is 0 Å². The minimum atomic E-state index is -1.49. The maximum atomic E-state index is 11.9. The molecule has 0 spiro atoms. The molecule has 1 amide bonds. The van der Waals surface area contributed by atoms with E-state index in [1.165, 1.54) is 18.6 Å². The van der Waals surface area contributed by atoms with Gasteiger partial charge in [-0.15, -0.1) is 0 Å². The van der Waals surface area contributed by atoms with E-state index in [-0.39, 0.29) is 5.56 Å². The Bertz CT molecular complexity index is 990. The second-order valence-corrected chi connectivity index (χ2v) is 5.65. The molecule has 0 atom stereocenters. The number of carbonyl (C=O) groups excluding carboxylic acids is 2. The first-order valence-corrected chi connectivity index (χ1v) is 7.73. The fourth-order valence-corrected chi connectivity index (χ4v) is 2.69. The quantitative estimate of drug-likeness (QED) is 0.521. The summed E-state index contributed by atoms with van der Waals surface area (Å²) in [6, 6.07) is 13.8. The van der Waals surface area contributed by atoms with E-state index >= 15 is 0 Å². The molecule has 0 aliphatic heterocycles. The molecule has 3 aromatic rings. The molecular formula is C19H15N3O4. The number of imidazole rings is 1. The second-order valence-electron chi connectivity index (χ2n) is 5.65. The van der Waals surface area contributed by atoms with Gasteiger partial charge in [0.25, 0.3) is 11.7 Å². The molecule has 0 aliphatic rings. The van der Waals surface area contributed by atoms with E-state index in [0.717, 1.165) is 11.1 Å². The predicted octanol–water partition coefficient (Wildman–Crippen LogP) is 1.96. The van der Waals surface area contributed by atoms with E-state index in [9.17, 15) is 14.4 Å². The number of carbonyl (C=O) groups is 3. The molecule has 1 heterocycles. The van der Waals surface area contributed by atoms with Gasteiger partial charge < -0.3 is 15.4 Å². The highest BCUT2D eigenvalue weighted by molar-refractivity contribution is 6.41. The monoisotopic (exact) mass is 349 g/mol. The SMILES string of the molecule is NC(=O)c1cncn1Cc1ccc(-c2ccccc2C(=O)C(=O)O)cc1. The minimum absolute atomic E-state index is 0.137. The number of rotatable bonds is 6. The number of Topliss-reactive ketones (excluding diaryl/α,β-unsaturated/α-hetero) is 1. The molecular weight excluding hydrogens is 334 g/mol. The summed E-state index contributed by atoms with van der Waals surface area (Å²) in [6.45, 7) is 0.411. The van der Waals surface area contributed by atoms with Gasteiger partial charge in [0.2, 0.25) is 0 Å². The van der Waals surface area contributed by atoms with Crippen LogP contribution >= 0.6 is 0 Å². The van der Waals surface area contributed by atoms with Gasteiger partial charge in [-0.05, 0) is 16.7 Å². The van der Waals surface area contributed by atoms with E-state index in [1.54, 1.807) is 34.9 Å². The van der Waals surface area contributed by atoms with Crippen LogP contribution in [0.2, 0.25) is 0 Å². The number of carboxylic acids is 1. The number of aromatic nitrogens is 2. The molecule has 1 aromatic heterocycles. The molecule has 26 heavy (non-hydrogen) atoms. The van der Waals surface area contributed by atoms with E-state index < -0.39 is 17.7 Å². The summed E-state index contributed by atoms with van der Waals surface area (Å²) in [6.07, 6.45) is 2.93. The average Bonchev–Trinajstić information content (AvgIpc) is 3.10. The third-order valence-electron chi connectivity index (χ3n) is 3.95. The number of nitrogens with zero attached hydrogens (tertiary/aromatic N) is 2. The number of carboxylic acid groups (broad SMARTS) is 1. The summed E-state index contributed by atoms with van der Waals surface area (Å²) >= 11 is 0. The van der Waals surface area contributed by atoms with Crippen LogP contribution in [0.15, 0.2) is 61.1 Å². The fraction of sp³-hybridized carbons (Fsp3) is 0.0526. The number of benzene rings is 2. The normalized spacial score (nSPS) is 10.5. The van der Waals surface area contributed by atoms with Gasteiger partial charge in [0.15, 0.2) is 0 Å². The Balaban J connectivity index is 1.89. The van der Waals surface area contributed by atoms with Crippen molar-refractivity contribution in [1.82, 2.24) is 9.55 Å². The highest BCUT2D eigenvalue weighted by Crippen LogP contribution is 2.25. The van der Waals surface area contributed by atoms with E-state index in [4.69, 9.17) is 10.8 Å². The molecule has 3 N–H and O–H groups in total. The van der Waals surface area contributed by atoms with Crippen LogP contribution in [0.4, 0.5) is 0 Å². The van der Waals surface area contributed by atoms with E-state index in [2.05, 4.69) is 4.98 Å². The fourth-order valence-electron chi connectivity index (χ4n) is 2.69. The molecule has 0 fully saturated rings. The lowest BCUT2D eigenvalue weighted by molar-refractivity contribution is -0.131. The molecule has 0 saturated heterocycles. The second kappa shape index (κ2) is 7.02. The summed E-state index contributed by atoms with van der Waals surface area (Å²) < 4.78 is 1.64. The van der Waals surface area contributed by atoms with Gasteiger partial charge in [0.1, 0.15) is 5.69 Å². The molecule has 0 radical (unpaired) electrons. The van der Waals surface area contributed by atoms with Crippen LogP contribution in [-0.2, 0) is 11.3 Å². The first-order valence-electron chi connectivity index (χ1n) is 7.73. The first kappa shape index (κ1) is 17.1. The minimum Gasteiger partial charge on any atom is -0.475 e. The predicted molar refractivity (Wildman–Crippen MR) is 93.7 cm³/mol. The zero-order valence-electron chi connectivity index (χ0n) is 13.6. The highest BCUT2D eigenvalue weighted by atomic mass is 16.4. The third-order valence-corrected chi connectivity index (χ3v) is 3.95. The van der Waals surface area contributed by atoms with Crippen molar-refractivity contribution in [3.05, 3.63) is 77.9 Å². The van der Waals surface area contributed by atoms with Gasteiger partial charge in [0, 0.05) is 12.1 Å². The molecule has 0 saturated carbocycles. The lowest BCUT2D eigenvalue weighted by atomic mass is 9.96. The van der Waals surface area contributed by atoms with Crippen LogP contribution in [0.5, 0.6) is 0 Å². The van der Waals surface area contributed by atoms with Gasteiger partial charge >= 0.3 is 5.97 Å². The number of nitrogens with two attached hydrogens (primary N) is 1. The number of hydrogen-bond donors (Lipinski definition) is 2. The average molecular weight is 349 g/mol.